The maximum absolute atomic E-state index is 13.3. The lowest BCUT2D eigenvalue weighted by Gasteiger charge is -2.23. The number of hydrogen-bond donors (Lipinski definition) is 2. The number of nitrogens with one attached hydrogen (secondary N) is 2. The van der Waals surface area contributed by atoms with Crippen molar-refractivity contribution in [1.29, 1.82) is 0 Å². The van der Waals surface area contributed by atoms with Crippen LogP contribution in [0, 0.1) is 0 Å². The van der Waals surface area contributed by atoms with E-state index in [-0.39, 0.29) is 18.1 Å². The predicted molar refractivity (Wildman–Crippen MR) is 143 cm³/mol. The summed E-state index contributed by atoms with van der Waals surface area (Å²) in [6.07, 6.45) is 1.48. The van der Waals surface area contributed by atoms with Crippen LogP contribution >= 0.6 is 0 Å². The number of pyridine rings is 1. The van der Waals surface area contributed by atoms with Gasteiger partial charge in [-0.1, -0.05) is 37.3 Å². The van der Waals surface area contributed by atoms with Crippen molar-refractivity contribution >= 4 is 22.6 Å². The number of aromatic amines is 1. The van der Waals surface area contributed by atoms with Crippen molar-refractivity contribution in [3.8, 4) is 11.5 Å². The summed E-state index contributed by atoms with van der Waals surface area (Å²) in [5.41, 5.74) is 3.99. The second-order valence-corrected chi connectivity index (χ2v) is 8.56. The van der Waals surface area contributed by atoms with E-state index in [1.807, 2.05) is 66.7 Å². The van der Waals surface area contributed by atoms with E-state index < -0.39 is 0 Å². The first-order valence-electron chi connectivity index (χ1n) is 12.0. The molecule has 7 heteroatoms. The molecule has 0 radical (unpaired) electrons. The van der Waals surface area contributed by atoms with Crippen molar-refractivity contribution in [1.82, 2.24) is 9.88 Å². The highest BCUT2D eigenvalue weighted by molar-refractivity contribution is 5.89. The third kappa shape index (κ3) is 5.86. The normalized spacial score (nSPS) is 10.8. The van der Waals surface area contributed by atoms with Gasteiger partial charge in [0.25, 0.3) is 5.56 Å². The number of urea groups is 1. The van der Waals surface area contributed by atoms with Crippen LogP contribution in [0.15, 0.2) is 77.6 Å². The lowest BCUT2D eigenvalue weighted by molar-refractivity contribution is 0.209. The second-order valence-electron chi connectivity index (χ2n) is 8.56. The fraction of sp³-hybridized carbons (Fsp3) is 0.241. The van der Waals surface area contributed by atoms with Crippen molar-refractivity contribution in [2.24, 2.45) is 0 Å². The van der Waals surface area contributed by atoms with Gasteiger partial charge in [-0.15, -0.1) is 0 Å². The van der Waals surface area contributed by atoms with Crippen LogP contribution in [0.1, 0.15) is 23.6 Å². The Labute approximate surface area is 210 Å². The van der Waals surface area contributed by atoms with Crippen molar-refractivity contribution in [2.45, 2.75) is 26.3 Å². The average Bonchev–Trinajstić information content (AvgIpc) is 2.91. The molecule has 0 unspecified atom stereocenters. The van der Waals surface area contributed by atoms with E-state index in [4.69, 9.17) is 9.47 Å². The Bertz CT molecular complexity index is 1400. The zero-order chi connectivity index (χ0) is 25.5. The molecule has 0 atom stereocenters. The SMILES string of the molecule is CCc1ccc2[nH]c(=O)c(CN(CCc3ccc(OC)c(OC)c3)C(=O)Nc3ccccc3)cc2c1. The number of para-hydroxylation sites is 1. The first-order valence-corrected chi connectivity index (χ1v) is 12.0. The molecule has 4 rings (SSSR count). The molecule has 0 aliphatic carbocycles. The summed E-state index contributed by atoms with van der Waals surface area (Å²) < 4.78 is 10.7. The van der Waals surface area contributed by atoms with E-state index in [0.29, 0.717) is 35.7 Å². The molecule has 0 aliphatic rings. The Balaban J connectivity index is 1.61. The van der Waals surface area contributed by atoms with Gasteiger partial charge >= 0.3 is 6.03 Å². The van der Waals surface area contributed by atoms with Gasteiger partial charge in [0.15, 0.2) is 11.5 Å². The van der Waals surface area contributed by atoms with Gasteiger partial charge in [-0.3, -0.25) is 4.79 Å². The molecule has 1 aromatic heterocycles. The first-order chi connectivity index (χ1) is 17.5. The van der Waals surface area contributed by atoms with Crippen LogP contribution in [-0.4, -0.2) is 36.7 Å². The number of amides is 2. The maximum Gasteiger partial charge on any atom is 0.322 e. The molecule has 0 saturated carbocycles. The number of aryl methyl sites for hydroxylation is 1. The summed E-state index contributed by atoms with van der Waals surface area (Å²) in [6, 6.07) is 22.6. The fourth-order valence-electron chi connectivity index (χ4n) is 4.12. The number of methoxy groups -OCH3 is 2. The topological polar surface area (TPSA) is 83.7 Å². The fourth-order valence-corrected chi connectivity index (χ4v) is 4.12. The number of aromatic nitrogens is 1. The monoisotopic (exact) mass is 485 g/mol. The van der Waals surface area contributed by atoms with Crippen LogP contribution in [-0.2, 0) is 19.4 Å². The zero-order valence-electron chi connectivity index (χ0n) is 20.8. The molecular formula is C29H31N3O4. The van der Waals surface area contributed by atoms with Crippen LogP contribution < -0.4 is 20.3 Å². The molecule has 2 N–H and O–H groups in total. The number of benzene rings is 3. The number of nitrogens with zero attached hydrogens (tertiary/aromatic N) is 1. The summed E-state index contributed by atoms with van der Waals surface area (Å²) >= 11 is 0. The highest BCUT2D eigenvalue weighted by Gasteiger charge is 2.17. The molecule has 0 fully saturated rings. The number of carbonyl (C=O) groups excluding carboxylic acids is 1. The molecule has 4 aromatic rings. The van der Waals surface area contributed by atoms with Crippen molar-refractivity contribution in [3.63, 3.8) is 0 Å². The largest absolute Gasteiger partial charge is 0.493 e. The molecule has 2 amide bonds. The number of hydrogen-bond acceptors (Lipinski definition) is 4. The lowest BCUT2D eigenvalue weighted by atomic mass is 10.1. The Kier molecular flexibility index (Phi) is 7.90. The quantitative estimate of drug-likeness (QED) is 0.333. The number of anilines is 1. The molecule has 3 aromatic carbocycles. The summed E-state index contributed by atoms with van der Waals surface area (Å²) in [7, 11) is 3.19. The van der Waals surface area contributed by atoms with E-state index in [0.717, 1.165) is 22.9 Å². The number of fused-ring (bicyclic) bond motifs is 1. The zero-order valence-corrected chi connectivity index (χ0v) is 20.8. The Hall–Kier alpha value is -4.26. The summed E-state index contributed by atoms with van der Waals surface area (Å²) in [6.45, 7) is 2.67. The van der Waals surface area contributed by atoms with Gasteiger partial charge < -0.3 is 24.7 Å². The molecule has 186 valence electrons. The van der Waals surface area contributed by atoms with E-state index in [2.05, 4.69) is 23.3 Å². The molecule has 0 saturated heterocycles. The van der Waals surface area contributed by atoms with Gasteiger partial charge in [-0.2, -0.15) is 0 Å². The van der Waals surface area contributed by atoms with E-state index in [1.54, 1.807) is 19.1 Å². The Morgan fingerprint density at radius 3 is 2.39 bits per heavy atom. The van der Waals surface area contributed by atoms with Crippen molar-refractivity contribution in [3.05, 3.63) is 99.8 Å². The van der Waals surface area contributed by atoms with E-state index in [1.165, 1.54) is 5.56 Å². The number of rotatable bonds is 9. The van der Waals surface area contributed by atoms with Crippen molar-refractivity contribution < 1.29 is 14.3 Å². The molecule has 7 nitrogen and oxygen atoms in total. The highest BCUT2D eigenvalue weighted by atomic mass is 16.5. The average molecular weight is 486 g/mol. The minimum atomic E-state index is -0.275. The van der Waals surface area contributed by atoms with Crippen LogP contribution in [0.5, 0.6) is 11.5 Å². The maximum atomic E-state index is 13.3. The second kappa shape index (κ2) is 11.4. The first kappa shape index (κ1) is 24.9. The molecular weight excluding hydrogens is 454 g/mol. The highest BCUT2D eigenvalue weighted by Crippen LogP contribution is 2.28. The number of carbonyl (C=O) groups is 1. The molecule has 0 aliphatic heterocycles. The number of H-pyrrole nitrogens is 1. The number of ether oxygens (including phenoxy) is 2. The third-order valence-corrected chi connectivity index (χ3v) is 6.19. The summed E-state index contributed by atoms with van der Waals surface area (Å²) in [5.74, 6) is 1.28. The molecule has 0 bridgehead atoms. The van der Waals surface area contributed by atoms with E-state index in [9.17, 15) is 9.59 Å². The summed E-state index contributed by atoms with van der Waals surface area (Å²) in [4.78, 5) is 30.8. The molecule has 1 heterocycles. The van der Waals surface area contributed by atoms with Gasteiger partial charge in [0, 0.05) is 23.3 Å². The van der Waals surface area contributed by atoms with Gasteiger partial charge in [0.1, 0.15) is 0 Å². The van der Waals surface area contributed by atoms with Gasteiger partial charge in [-0.05, 0) is 71.8 Å². The lowest BCUT2D eigenvalue weighted by Crippen LogP contribution is -2.37. The van der Waals surface area contributed by atoms with Crippen LogP contribution in [0.25, 0.3) is 10.9 Å². The third-order valence-electron chi connectivity index (χ3n) is 6.19. The molecule has 36 heavy (non-hydrogen) atoms. The van der Waals surface area contributed by atoms with Gasteiger partial charge in [0.2, 0.25) is 0 Å². The van der Waals surface area contributed by atoms with Crippen LogP contribution in [0.2, 0.25) is 0 Å². The van der Waals surface area contributed by atoms with Crippen molar-refractivity contribution in [2.75, 3.05) is 26.1 Å². The minimum absolute atomic E-state index is 0.174. The van der Waals surface area contributed by atoms with E-state index >= 15 is 0 Å². The molecule has 0 spiro atoms. The Morgan fingerprint density at radius 1 is 0.917 bits per heavy atom. The van der Waals surface area contributed by atoms with Gasteiger partial charge in [-0.25, -0.2) is 4.79 Å². The standard InChI is InChI=1S/C29H31N3O4/c1-4-20-10-12-25-22(16-20)18-23(28(33)31-25)19-32(29(34)30-24-8-6-5-7-9-24)15-14-21-11-13-26(35-2)27(17-21)36-3/h5-13,16-18H,4,14-15,19H2,1-3H3,(H,30,34)(H,31,33). The predicted octanol–water partition coefficient (Wildman–Crippen LogP) is 5.38. The van der Waals surface area contributed by atoms with Crippen LogP contribution in [0.4, 0.5) is 10.5 Å². The Morgan fingerprint density at radius 2 is 1.67 bits per heavy atom. The van der Waals surface area contributed by atoms with Crippen LogP contribution in [0.3, 0.4) is 0 Å². The summed E-state index contributed by atoms with van der Waals surface area (Å²) in [5, 5.41) is 3.90. The smallest absolute Gasteiger partial charge is 0.322 e. The van der Waals surface area contributed by atoms with Gasteiger partial charge in [0.05, 0.1) is 20.8 Å². The minimum Gasteiger partial charge on any atom is -0.493 e.